The molecular formula is C18H18N2O2. The molecule has 1 fully saturated rings. The van der Waals surface area contributed by atoms with E-state index in [4.69, 9.17) is 0 Å². The Balaban J connectivity index is 1.58. The van der Waals surface area contributed by atoms with E-state index in [2.05, 4.69) is 22.8 Å². The third-order valence-electron chi connectivity index (χ3n) is 3.83. The summed E-state index contributed by atoms with van der Waals surface area (Å²) in [7, 11) is 0. The number of benzene rings is 2. The van der Waals surface area contributed by atoms with E-state index < -0.39 is 0 Å². The molecule has 2 aromatic carbocycles. The molecule has 22 heavy (non-hydrogen) atoms. The Hall–Kier alpha value is -2.62. The Kier molecular flexibility index (Phi) is 3.92. The summed E-state index contributed by atoms with van der Waals surface area (Å²) in [5, 5.41) is 5.63. The van der Waals surface area contributed by atoms with Crippen molar-refractivity contribution in [2.75, 3.05) is 10.6 Å². The monoisotopic (exact) mass is 294 g/mol. The van der Waals surface area contributed by atoms with Crippen molar-refractivity contribution in [3.8, 4) is 0 Å². The van der Waals surface area contributed by atoms with Crippen LogP contribution in [0.5, 0.6) is 0 Å². The van der Waals surface area contributed by atoms with E-state index in [1.54, 1.807) is 24.3 Å². The first kappa shape index (κ1) is 14.3. The van der Waals surface area contributed by atoms with Gasteiger partial charge in [0, 0.05) is 24.2 Å². The van der Waals surface area contributed by atoms with E-state index in [0.717, 1.165) is 17.8 Å². The molecular weight excluding hydrogens is 276 g/mol. The van der Waals surface area contributed by atoms with Crippen molar-refractivity contribution in [1.82, 2.24) is 0 Å². The summed E-state index contributed by atoms with van der Waals surface area (Å²) >= 11 is 0. The lowest BCUT2D eigenvalue weighted by atomic mass is 10.1. The number of carbonyl (C=O) groups excluding carboxylic acids is 2. The van der Waals surface area contributed by atoms with Crippen LogP contribution in [0.2, 0.25) is 0 Å². The zero-order valence-corrected chi connectivity index (χ0v) is 12.4. The maximum Gasteiger partial charge on any atom is 0.228 e. The minimum absolute atomic E-state index is 0.0532. The highest BCUT2D eigenvalue weighted by Gasteiger charge is 2.43. The van der Waals surface area contributed by atoms with Gasteiger partial charge in [0.2, 0.25) is 11.8 Å². The van der Waals surface area contributed by atoms with E-state index in [-0.39, 0.29) is 17.7 Å². The second kappa shape index (κ2) is 6.02. The van der Waals surface area contributed by atoms with Gasteiger partial charge in [0.1, 0.15) is 0 Å². The maximum atomic E-state index is 12.2. The first-order chi connectivity index (χ1) is 10.6. The first-order valence-electron chi connectivity index (χ1n) is 7.37. The van der Waals surface area contributed by atoms with Crippen molar-refractivity contribution >= 4 is 23.2 Å². The van der Waals surface area contributed by atoms with Gasteiger partial charge < -0.3 is 10.6 Å². The molecule has 4 heteroatoms. The predicted molar refractivity (Wildman–Crippen MR) is 86.7 cm³/mol. The van der Waals surface area contributed by atoms with Gasteiger partial charge >= 0.3 is 0 Å². The molecule has 0 spiro atoms. The number of hydrogen-bond acceptors (Lipinski definition) is 2. The van der Waals surface area contributed by atoms with E-state index in [1.807, 2.05) is 18.2 Å². The van der Waals surface area contributed by atoms with E-state index in [9.17, 15) is 9.59 Å². The van der Waals surface area contributed by atoms with Crippen LogP contribution in [-0.4, -0.2) is 11.8 Å². The van der Waals surface area contributed by atoms with Crippen LogP contribution >= 0.6 is 0 Å². The third-order valence-corrected chi connectivity index (χ3v) is 3.83. The van der Waals surface area contributed by atoms with Crippen LogP contribution in [0.3, 0.4) is 0 Å². The van der Waals surface area contributed by atoms with E-state index in [0.29, 0.717) is 5.92 Å². The average Bonchev–Trinajstić information content (AvgIpc) is 3.30. The Bertz CT molecular complexity index is 680. The predicted octanol–water partition coefficient (Wildman–Crippen LogP) is 3.39. The zero-order chi connectivity index (χ0) is 15.5. The quantitative estimate of drug-likeness (QED) is 0.908. The fraction of sp³-hybridized carbons (Fsp3) is 0.222. The molecule has 0 aromatic heterocycles. The summed E-state index contributed by atoms with van der Waals surface area (Å²) in [4.78, 5) is 23.2. The molecule has 112 valence electrons. The molecule has 0 aliphatic heterocycles. The second-order valence-corrected chi connectivity index (χ2v) is 5.61. The van der Waals surface area contributed by atoms with Crippen LogP contribution in [-0.2, 0) is 9.59 Å². The Labute approximate surface area is 129 Å². The lowest BCUT2D eigenvalue weighted by Crippen LogP contribution is -2.14. The second-order valence-electron chi connectivity index (χ2n) is 5.61. The highest BCUT2D eigenvalue weighted by atomic mass is 16.2. The normalized spacial score (nSPS) is 19.3. The van der Waals surface area contributed by atoms with Crippen molar-refractivity contribution in [3.05, 3.63) is 60.2 Å². The molecule has 1 aliphatic rings. The lowest BCUT2D eigenvalue weighted by Gasteiger charge is -2.07. The molecule has 0 saturated heterocycles. The Morgan fingerprint density at radius 1 is 0.909 bits per heavy atom. The highest BCUT2D eigenvalue weighted by Crippen LogP contribution is 2.47. The topological polar surface area (TPSA) is 58.2 Å². The number of hydrogen-bond donors (Lipinski definition) is 2. The molecule has 0 radical (unpaired) electrons. The molecule has 1 saturated carbocycles. The number of nitrogens with one attached hydrogen (secondary N) is 2. The molecule has 2 N–H and O–H groups in total. The highest BCUT2D eigenvalue weighted by molar-refractivity contribution is 5.95. The number of carbonyl (C=O) groups is 2. The summed E-state index contributed by atoms with van der Waals surface area (Å²) in [6.45, 7) is 1.46. The Morgan fingerprint density at radius 3 is 2.09 bits per heavy atom. The van der Waals surface area contributed by atoms with Crippen molar-refractivity contribution < 1.29 is 9.59 Å². The average molecular weight is 294 g/mol. The minimum atomic E-state index is -0.111. The zero-order valence-electron chi connectivity index (χ0n) is 12.4. The molecule has 0 unspecified atom stereocenters. The van der Waals surface area contributed by atoms with Crippen molar-refractivity contribution in [1.29, 1.82) is 0 Å². The molecule has 0 heterocycles. The van der Waals surface area contributed by atoms with Gasteiger partial charge in [-0.25, -0.2) is 0 Å². The summed E-state index contributed by atoms with van der Waals surface area (Å²) in [5.74, 6) is 0.332. The first-order valence-corrected chi connectivity index (χ1v) is 7.37. The molecule has 3 rings (SSSR count). The van der Waals surface area contributed by atoms with Crippen LogP contribution in [0.25, 0.3) is 0 Å². The molecule has 1 aliphatic carbocycles. The van der Waals surface area contributed by atoms with Gasteiger partial charge in [0.15, 0.2) is 0 Å². The van der Waals surface area contributed by atoms with Crippen LogP contribution in [0.15, 0.2) is 54.6 Å². The van der Waals surface area contributed by atoms with Crippen LogP contribution < -0.4 is 10.6 Å². The van der Waals surface area contributed by atoms with Gasteiger partial charge in [0.05, 0.1) is 0 Å². The van der Waals surface area contributed by atoms with Gasteiger partial charge in [0.25, 0.3) is 0 Å². The Morgan fingerprint density at radius 2 is 1.50 bits per heavy atom. The molecule has 2 amide bonds. The summed E-state index contributed by atoms with van der Waals surface area (Å²) in [5.41, 5.74) is 2.69. The fourth-order valence-electron chi connectivity index (χ4n) is 2.63. The van der Waals surface area contributed by atoms with Crippen LogP contribution in [0.1, 0.15) is 24.8 Å². The van der Waals surface area contributed by atoms with Crippen molar-refractivity contribution in [2.24, 2.45) is 5.92 Å². The van der Waals surface area contributed by atoms with Gasteiger partial charge in [-0.1, -0.05) is 30.3 Å². The van der Waals surface area contributed by atoms with Crippen LogP contribution in [0.4, 0.5) is 11.4 Å². The molecule has 2 aromatic rings. The van der Waals surface area contributed by atoms with Crippen molar-refractivity contribution in [2.45, 2.75) is 19.3 Å². The maximum absolute atomic E-state index is 12.2. The van der Waals surface area contributed by atoms with E-state index in [1.165, 1.54) is 12.5 Å². The van der Waals surface area contributed by atoms with Crippen molar-refractivity contribution in [3.63, 3.8) is 0 Å². The SMILES string of the molecule is CC(=O)Nc1ccc(NC(=O)[C@@H]2C[C@H]2c2ccccc2)cc1. The number of amides is 2. The van der Waals surface area contributed by atoms with Gasteiger partial charge in [-0.15, -0.1) is 0 Å². The smallest absolute Gasteiger partial charge is 0.228 e. The minimum Gasteiger partial charge on any atom is -0.326 e. The van der Waals surface area contributed by atoms with E-state index >= 15 is 0 Å². The molecule has 4 nitrogen and oxygen atoms in total. The van der Waals surface area contributed by atoms with Gasteiger partial charge in [-0.05, 0) is 42.2 Å². The summed E-state index contributed by atoms with van der Waals surface area (Å²) in [6, 6.07) is 17.3. The molecule has 2 atom stereocenters. The number of anilines is 2. The summed E-state index contributed by atoms with van der Waals surface area (Å²) < 4.78 is 0. The molecule has 0 bridgehead atoms. The number of rotatable bonds is 4. The lowest BCUT2D eigenvalue weighted by molar-refractivity contribution is -0.117. The van der Waals surface area contributed by atoms with Gasteiger partial charge in [-0.3, -0.25) is 9.59 Å². The third kappa shape index (κ3) is 3.34. The standard InChI is InChI=1S/C18H18N2O2/c1-12(21)19-14-7-9-15(10-8-14)20-18(22)17-11-16(17)13-5-3-2-4-6-13/h2-10,16-17H,11H2,1H3,(H,19,21)(H,20,22)/t16-,17+/m0/s1. The van der Waals surface area contributed by atoms with Crippen LogP contribution in [0, 0.1) is 5.92 Å². The summed E-state index contributed by atoms with van der Waals surface area (Å²) in [6.07, 6.45) is 0.903. The fourth-order valence-corrected chi connectivity index (χ4v) is 2.63. The van der Waals surface area contributed by atoms with Gasteiger partial charge in [-0.2, -0.15) is 0 Å². The largest absolute Gasteiger partial charge is 0.326 e.